The third-order valence-corrected chi connectivity index (χ3v) is 2.35. The maximum Gasteiger partial charge on any atom is 0.0926 e. The van der Waals surface area contributed by atoms with Gasteiger partial charge in [0.15, 0.2) is 0 Å². The Bertz CT molecular complexity index is 129. The van der Waals surface area contributed by atoms with Crippen molar-refractivity contribution in [1.29, 1.82) is 0 Å². The summed E-state index contributed by atoms with van der Waals surface area (Å²) in [6, 6.07) is -0.0894. The Morgan fingerprint density at radius 2 is 2.09 bits per heavy atom. The first-order chi connectivity index (χ1) is 5.16. The molecule has 0 aromatic heterocycles. The highest BCUT2D eigenvalue weighted by atomic mass is 16.3. The van der Waals surface area contributed by atoms with Gasteiger partial charge in [0.25, 0.3) is 0 Å². The summed E-state index contributed by atoms with van der Waals surface area (Å²) in [5, 5.41) is 30.3. The van der Waals surface area contributed by atoms with E-state index in [1.54, 1.807) is 6.92 Å². The Morgan fingerprint density at radius 1 is 1.45 bits per heavy atom. The SMILES string of the molecule is C[C@H]1[C@H](O)[C@@H](O)CN[C@@H]1CO. The molecule has 4 N–H and O–H groups in total. The number of piperidine rings is 1. The summed E-state index contributed by atoms with van der Waals surface area (Å²) in [7, 11) is 0. The molecule has 1 aliphatic heterocycles. The molecule has 1 aliphatic rings. The van der Waals surface area contributed by atoms with Crippen LogP contribution in [0, 0.1) is 5.92 Å². The van der Waals surface area contributed by atoms with E-state index in [1.165, 1.54) is 0 Å². The third-order valence-electron chi connectivity index (χ3n) is 2.35. The molecule has 0 aliphatic carbocycles. The van der Waals surface area contributed by atoms with E-state index >= 15 is 0 Å². The van der Waals surface area contributed by atoms with Crippen LogP contribution in [0.5, 0.6) is 0 Å². The minimum Gasteiger partial charge on any atom is -0.395 e. The summed E-state index contributed by atoms with van der Waals surface area (Å²) < 4.78 is 0. The first kappa shape index (κ1) is 8.93. The zero-order valence-electron chi connectivity index (χ0n) is 6.57. The van der Waals surface area contributed by atoms with Crippen LogP contribution in [0.15, 0.2) is 0 Å². The van der Waals surface area contributed by atoms with Crippen molar-refractivity contribution < 1.29 is 15.3 Å². The van der Waals surface area contributed by atoms with Crippen LogP contribution in [0.4, 0.5) is 0 Å². The highest BCUT2D eigenvalue weighted by Gasteiger charge is 2.33. The number of aliphatic hydroxyl groups excluding tert-OH is 3. The fourth-order valence-electron chi connectivity index (χ4n) is 1.40. The van der Waals surface area contributed by atoms with Gasteiger partial charge in [-0.1, -0.05) is 6.92 Å². The molecule has 4 heteroatoms. The molecular weight excluding hydrogens is 146 g/mol. The normalized spacial score (nSPS) is 45.8. The Morgan fingerprint density at radius 3 is 2.64 bits per heavy atom. The van der Waals surface area contributed by atoms with Crippen LogP contribution < -0.4 is 5.32 Å². The first-order valence-electron chi connectivity index (χ1n) is 3.87. The first-order valence-corrected chi connectivity index (χ1v) is 3.87. The Kier molecular flexibility index (Phi) is 2.84. The van der Waals surface area contributed by atoms with Gasteiger partial charge < -0.3 is 20.6 Å². The lowest BCUT2D eigenvalue weighted by Crippen LogP contribution is -2.56. The molecule has 66 valence electrons. The summed E-state index contributed by atoms with van der Waals surface area (Å²) in [5.41, 5.74) is 0. The summed E-state index contributed by atoms with van der Waals surface area (Å²) in [4.78, 5) is 0. The zero-order valence-corrected chi connectivity index (χ0v) is 6.57. The monoisotopic (exact) mass is 161 g/mol. The molecule has 1 rings (SSSR count). The number of hydrogen-bond acceptors (Lipinski definition) is 4. The lowest BCUT2D eigenvalue weighted by molar-refractivity contribution is -0.0531. The molecule has 0 radical (unpaired) electrons. The highest BCUT2D eigenvalue weighted by molar-refractivity contribution is 4.89. The second kappa shape index (κ2) is 3.49. The van der Waals surface area contributed by atoms with E-state index in [2.05, 4.69) is 5.32 Å². The largest absolute Gasteiger partial charge is 0.395 e. The Hall–Kier alpha value is -0.160. The molecular formula is C7H15NO3. The van der Waals surface area contributed by atoms with E-state index in [1.807, 2.05) is 0 Å². The minimum atomic E-state index is -0.714. The van der Waals surface area contributed by atoms with Crippen molar-refractivity contribution in [2.45, 2.75) is 25.2 Å². The summed E-state index contributed by atoms with van der Waals surface area (Å²) in [6.07, 6.45) is -1.42. The number of rotatable bonds is 1. The summed E-state index contributed by atoms with van der Waals surface area (Å²) >= 11 is 0. The molecule has 4 nitrogen and oxygen atoms in total. The standard InChI is InChI=1S/C7H15NO3/c1-4-5(3-9)8-2-6(10)7(4)11/h4-11H,2-3H2,1H3/t4-,5-,6+,7+/m1/s1. The van der Waals surface area contributed by atoms with Crippen molar-refractivity contribution in [3.63, 3.8) is 0 Å². The van der Waals surface area contributed by atoms with E-state index in [9.17, 15) is 5.11 Å². The van der Waals surface area contributed by atoms with Crippen molar-refractivity contribution in [2.75, 3.05) is 13.2 Å². The van der Waals surface area contributed by atoms with Gasteiger partial charge in [-0.2, -0.15) is 0 Å². The topological polar surface area (TPSA) is 72.7 Å². The van der Waals surface area contributed by atoms with Crippen LogP contribution in [-0.2, 0) is 0 Å². The van der Waals surface area contributed by atoms with E-state index < -0.39 is 12.2 Å². The van der Waals surface area contributed by atoms with E-state index in [4.69, 9.17) is 10.2 Å². The molecule has 0 aromatic carbocycles. The Balaban J connectivity index is 2.52. The van der Waals surface area contributed by atoms with Gasteiger partial charge in [-0.15, -0.1) is 0 Å². The van der Waals surface area contributed by atoms with Gasteiger partial charge in [-0.25, -0.2) is 0 Å². The average molecular weight is 161 g/mol. The molecule has 1 fully saturated rings. The van der Waals surface area contributed by atoms with Gasteiger partial charge in [0.2, 0.25) is 0 Å². The molecule has 0 spiro atoms. The molecule has 0 unspecified atom stereocenters. The fraction of sp³-hybridized carbons (Fsp3) is 1.00. The van der Waals surface area contributed by atoms with Crippen LogP contribution in [0.25, 0.3) is 0 Å². The fourth-order valence-corrected chi connectivity index (χ4v) is 1.40. The summed E-state index contributed by atoms with van der Waals surface area (Å²) in [6.45, 7) is 2.17. The molecule has 1 saturated heterocycles. The number of β-amino-alcohol motifs (C(OH)–C–C–N with tert-alkyl or cyclic N) is 1. The predicted molar refractivity (Wildman–Crippen MR) is 40.1 cm³/mol. The van der Waals surface area contributed by atoms with E-state index in [-0.39, 0.29) is 18.6 Å². The molecule has 0 saturated carbocycles. The lowest BCUT2D eigenvalue weighted by Gasteiger charge is -2.36. The molecule has 0 amide bonds. The number of aliphatic hydroxyl groups is 3. The lowest BCUT2D eigenvalue weighted by atomic mass is 9.89. The van der Waals surface area contributed by atoms with Crippen LogP contribution in [-0.4, -0.2) is 46.7 Å². The van der Waals surface area contributed by atoms with Gasteiger partial charge in [0.1, 0.15) is 0 Å². The molecule has 4 atom stereocenters. The molecule has 0 bridgehead atoms. The number of nitrogens with one attached hydrogen (secondary N) is 1. The average Bonchev–Trinajstić information content (AvgIpc) is 2.01. The third kappa shape index (κ3) is 1.70. The van der Waals surface area contributed by atoms with Gasteiger partial charge in [-0.3, -0.25) is 0 Å². The van der Waals surface area contributed by atoms with Crippen molar-refractivity contribution in [3.8, 4) is 0 Å². The molecule has 11 heavy (non-hydrogen) atoms. The van der Waals surface area contributed by atoms with E-state index in [0.717, 1.165) is 0 Å². The maximum atomic E-state index is 9.35. The van der Waals surface area contributed by atoms with Crippen LogP contribution in [0.3, 0.4) is 0 Å². The molecule has 0 aromatic rings. The van der Waals surface area contributed by atoms with Crippen LogP contribution >= 0.6 is 0 Å². The van der Waals surface area contributed by atoms with Crippen molar-refractivity contribution >= 4 is 0 Å². The van der Waals surface area contributed by atoms with E-state index in [0.29, 0.717) is 6.54 Å². The maximum absolute atomic E-state index is 9.35. The highest BCUT2D eigenvalue weighted by Crippen LogP contribution is 2.16. The molecule has 1 heterocycles. The second-order valence-electron chi connectivity index (χ2n) is 3.11. The van der Waals surface area contributed by atoms with Crippen LogP contribution in [0.2, 0.25) is 0 Å². The van der Waals surface area contributed by atoms with Crippen molar-refractivity contribution in [3.05, 3.63) is 0 Å². The van der Waals surface area contributed by atoms with Crippen molar-refractivity contribution in [1.82, 2.24) is 5.32 Å². The Labute approximate surface area is 65.9 Å². The quantitative estimate of drug-likeness (QED) is 0.370. The zero-order chi connectivity index (χ0) is 8.43. The second-order valence-corrected chi connectivity index (χ2v) is 3.11. The van der Waals surface area contributed by atoms with Crippen molar-refractivity contribution in [2.24, 2.45) is 5.92 Å². The van der Waals surface area contributed by atoms with Gasteiger partial charge in [0, 0.05) is 18.5 Å². The smallest absolute Gasteiger partial charge is 0.0926 e. The number of hydrogen-bond donors (Lipinski definition) is 4. The van der Waals surface area contributed by atoms with Gasteiger partial charge in [-0.05, 0) is 0 Å². The van der Waals surface area contributed by atoms with Crippen LogP contribution in [0.1, 0.15) is 6.92 Å². The predicted octanol–water partition coefficient (Wildman–Crippen LogP) is -1.69. The van der Waals surface area contributed by atoms with Gasteiger partial charge in [0.05, 0.1) is 18.8 Å². The van der Waals surface area contributed by atoms with Gasteiger partial charge >= 0.3 is 0 Å². The summed E-state index contributed by atoms with van der Waals surface area (Å²) in [5.74, 6) is -0.0938. The minimum absolute atomic E-state index is 0.00491.